The Morgan fingerprint density at radius 3 is 2.43 bits per heavy atom. The molecule has 21 heavy (non-hydrogen) atoms. The van der Waals surface area contributed by atoms with Crippen LogP contribution in [0.5, 0.6) is 0 Å². The highest BCUT2D eigenvalue weighted by molar-refractivity contribution is 5.55. The lowest BCUT2D eigenvalue weighted by molar-refractivity contribution is -0.120. The molecule has 1 N–H and O–H groups in total. The van der Waals surface area contributed by atoms with Crippen LogP contribution in [0.25, 0.3) is 0 Å². The van der Waals surface area contributed by atoms with Crippen LogP contribution in [-0.4, -0.2) is 25.3 Å². The summed E-state index contributed by atoms with van der Waals surface area (Å²) in [5.74, 6) is -0.622. The van der Waals surface area contributed by atoms with Gasteiger partial charge in [0.25, 0.3) is 0 Å². The van der Waals surface area contributed by atoms with Gasteiger partial charge in [0.05, 0.1) is 5.69 Å². The van der Waals surface area contributed by atoms with E-state index >= 15 is 0 Å². The van der Waals surface area contributed by atoms with Gasteiger partial charge in [-0.2, -0.15) is 13.2 Å². The molecule has 0 unspecified atom stereocenters. The SMILES string of the molecule is CCCNCc1cccc(F)c1N(CC(F)(F)F)C(C)C. The van der Waals surface area contributed by atoms with Gasteiger partial charge >= 0.3 is 6.18 Å². The summed E-state index contributed by atoms with van der Waals surface area (Å²) in [5.41, 5.74) is 0.579. The Morgan fingerprint density at radius 1 is 1.24 bits per heavy atom. The minimum atomic E-state index is -4.37. The molecule has 1 aromatic rings. The molecule has 0 aliphatic heterocycles. The van der Waals surface area contributed by atoms with Crippen LogP contribution in [0.15, 0.2) is 18.2 Å². The number of anilines is 1. The van der Waals surface area contributed by atoms with Crippen LogP contribution in [-0.2, 0) is 6.54 Å². The number of hydrogen-bond donors (Lipinski definition) is 1. The van der Waals surface area contributed by atoms with Crippen molar-refractivity contribution >= 4 is 5.69 Å². The molecule has 0 atom stereocenters. The van der Waals surface area contributed by atoms with Crippen molar-refractivity contribution in [2.24, 2.45) is 0 Å². The summed E-state index contributed by atoms with van der Waals surface area (Å²) in [6.07, 6.45) is -3.47. The molecule has 120 valence electrons. The average molecular weight is 306 g/mol. The molecule has 0 aliphatic carbocycles. The Bertz CT molecular complexity index is 444. The molecule has 0 amide bonds. The fraction of sp³-hybridized carbons (Fsp3) is 0.600. The predicted molar refractivity (Wildman–Crippen MR) is 76.9 cm³/mol. The maximum Gasteiger partial charge on any atom is 0.405 e. The van der Waals surface area contributed by atoms with Crippen LogP contribution in [0.4, 0.5) is 23.2 Å². The van der Waals surface area contributed by atoms with Gasteiger partial charge < -0.3 is 10.2 Å². The first-order chi connectivity index (χ1) is 9.76. The lowest BCUT2D eigenvalue weighted by Gasteiger charge is -2.32. The van der Waals surface area contributed by atoms with Gasteiger partial charge in [-0.05, 0) is 38.4 Å². The highest BCUT2D eigenvalue weighted by Crippen LogP contribution is 2.29. The van der Waals surface area contributed by atoms with Gasteiger partial charge in [-0.3, -0.25) is 0 Å². The zero-order valence-corrected chi connectivity index (χ0v) is 12.6. The molecule has 0 spiro atoms. The van der Waals surface area contributed by atoms with E-state index in [1.165, 1.54) is 12.1 Å². The van der Waals surface area contributed by atoms with E-state index in [1.54, 1.807) is 19.9 Å². The Balaban J connectivity index is 3.10. The van der Waals surface area contributed by atoms with E-state index < -0.39 is 24.6 Å². The third-order valence-electron chi connectivity index (χ3n) is 3.07. The minimum Gasteiger partial charge on any atom is -0.357 e. The number of nitrogens with one attached hydrogen (secondary N) is 1. The molecule has 0 saturated heterocycles. The predicted octanol–water partition coefficient (Wildman–Crippen LogP) is 4.10. The molecule has 1 aromatic carbocycles. The van der Waals surface area contributed by atoms with Crippen LogP contribution < -0.4 is 10.2 Å². The summed E-state index contributed by atoms with van der Waals surface area (Å²) in [6, 6.07) is 3.93. The molecular formula is C15H22F4N2. The second kappa shape index (κ2) is 7.64. The van der Waals surface area contributed by atoms with Crippen LogP contribution in [0.1, 0.15) is 32.8 Å². The lowest BCUT2D eigenvalue weighted by atomic mass is 10.1. The van der Waals surface area contributed by atoms with Gasteiger partial charge in [0.15, 0.2) is 0 Å². The number of hydrogen-bond acceptors (Lipinski definition) is 2. The van der Waals surface area contributed by atoms with Crippen LogP contribution in [0, 0.1) is 5.82 Å². The maximum absolute atomic E-state index is 14.1. The summed E-state index contributed by atoms with van der Waals surface area (Å²) < 4.78 is 52.3. The second-order valence-electron chi connectivity index (χ2n) is 5.26. The smallest absolute Gasteiger partial charge is 0.357 e. The number of rotatable bonds is 7. The van der Waals surface area contributed by atoms with Crippen LogP contribution in [0.3, 0.4) is 0 Å². The normalized spacial score (nSPS) is 12.0. The highest BCUT2D eigenvalue weighted by Gasteiger charge is 2.33. The summed E-state index contributed by atoms with van der Waals surface area (Å²) >= 11 is 0. The van der Waals surface area contributed by atoms with Crippen molar-refractivity contribution in [2.75, 3.05) is 18.0 Å². The van der Waals surface area contributed by atoms with Crippen molar-refractivity contribution < 1.29 is 17.6 Å². The van der Waals surface area contributed by atoms with E-state index in [2.05, 4.69) is 5.32 Å². The fourth-order valence-corrected chi connectivity index (χ4v) is 2.14. The summed E-state index contributed by atoms with van der Waals surface area (Å²) in [7, 11) is 0. The first kappa shape index (κ1) is 17.8. The fourth-order valence-electron chi connectivity index (χ4n) is 2.14. The Kier molecular flexibility index (Phi) is 6.45. The molecule has 0 aliphatic rings. The van der Waals surface area contributed by atoms with Crippen molar-refractivity contribution in [1.82, 2.24) is 5.32 Å². The third-order valence-corrected chi connectivity index (χ3v) is 3.07. The molecule has 0 saturated carbocycles. The monoisotopic (exact) mass is 306 g/mol. The zero-order valence-electron chi connectivity index (χ0n) is 12.6. The van der Waals surface area contributed by atoms with E-state index in [0.717, 1.165) is 17.9 Å². The van der Waals surface area contributed by atoms with Crippen molar-refractivity contribution in [3.8, 4) is 0 Å². The van der Waals surface area contributed by atoms with E-state index in [1.807, 2.05) is 6.92 Å². The molecule has 6 heteroatoms. The van der Waals surface area contributed by atoms with Gasteiger partial charge in [-0.1, -0.05) is 19.1 Å². The van der Waals surface area contributed by atoms with Crippen LogP contribution >= 0.6 is 0 Å². The number of benzene rings is 1. The standard InChI is InChI=1S/C15H22F4N2/c1-4-8-20-9-12-6-5-7-13(16)14(12)21(11(2)3)10-15(17,18)19/h5-7,11,20H,4,8-10H2,1-3H3. The number of para-hydroxylation sites is 1. The van der Waals surface area contributed by atoms with Gasteiger partial charge in [0.1, 0.15) is 12.4 Å². The Labute approximate surface area is 123 Å². The van der Waals surface area contributed by atoms with Gasteiger partial charge in [-0.25, -0.2) is 4.39 Å². The topological polar surface area (TPSA) is 15.3 Å². The Morgan fingerprint density at radius 2 is 1.90 bits per heavy atom. The number of alkyl halides is 3. The largest absolute Gasteiger partial charge is 0.405 e. The molecule has 0 bridgehead atoms. The second-order valence-corrected chi connectivity index (χ2v) is 5.26. The molecule has 1 rings (SSSR count). The molecular weight excluding hydrogens is 284 g/mol. The third kappa shape index (κ3) is 5.53. The molecule has 0 radical (unpaired) electrons. The Hall–Kier alpha value is -1.30. The number of nitrogens with zero attached hydrogens (tertiary/aromatic N) is 1. The highest BCUT2D eigenvalue weighted by atomic mass is 19.4. The summed E-state index contributed by atoms with van der Waals surface area (Å²) in [5, 5.41) is 3.10. The van der Waals surface area contributed by atoms with E-state index in [0.29, 0.717) is 12.1 Å². The van der Waals surface area contributed by atoms with E-state index in [4.69, 9.17) is 0 Å². The molecule has 0 fully saturated rings. The number of halogens is 4. The molecule has 2 nitrogen and oxygen atoms in total. The van der Waals surface area contributed by atoms with Gasteiger partial charge in [-0.15, -0.1) is 0 Å². The zero-order chi connectivity index (χ0) is 16.0. The first-order valence-corrected chi connectivity index (χ1v) is 7.07. The quantitative estimate of drug-likeness (QED) is 0.602. The van der Waals surface area contributed by atoms with E-state index in [-0.39, 0.29) is 5.69 Å². The first-order valence-electron chi connectivity index (χ1n) is 7.07. The maximum atomic E-state index is 14.1. The molecule has 0 aromatic heterocycles. The van der Waals surface area contributed by atoms with E-state index in [9.17, 15) is 17.6 Å². The summed E-state index contributed by atoms with van der Waals surface area (Å²) in [6.45, 7) is 5.16. The molecule has 0 heterocycles. The average Bonchev–Trinajstić information content (AvgIpc) is 2.36. The van der Waals surface area contributed by atoms with Crippen LogP contribution in [0.2, 0.25) is 0 Å². The summed E-state index contributed by atoms with van der Waals surface area (Å²) in [4.78, 5) is 1.07. The van der Waals surface area contributed by atoms with Crippen molar-refractivity contribution in [3.05, 3.63) is 29.6 Å². The van der Waals surface area contributed by atoms with Crippen molar-refractivity contribution in [1.29, 1.82) is 0 Å². The van der Waals surface area contributed by atoms with Crippen molar-refractivity contribution in [2.45, 2.75) is 46.0 Å². The van der Waals surface area contributed by atoms with Gasteiger partial charge in [0.2, 0.25) is 0 Å². The van der Waals surface area contributed by atoms with Crippen molar-refractivity contribution in [3.63, 3.8) is 0 Å². The minimum absolute atomic E-state index is 0.0356. The lowest BCUT2D eigenvalue weighted by Crippen LogP contribution is -2.40. The van der Waals surface area contributed by atoms with Gasteiger partial charge in [0, 0.05) is 12.6 Å².